The molecule has 1 fully saturated rings. The number of nitrogens with one attached hydrogen (secondary N) is 1. The molecule has 1 aliphatic heterocycles. The lowest BCUT2D eigenvalue weighted by Gasteiger charge is -2.25. The summed E-state index contributed by atoms with van der Waals surface area (Å²) in [6, 6.07) is 9.76. The van der Waals surface area contributed by atoms with Crippen LogP contribution < -0.4 is 5.32 Å². The number of rotatable bonds is 8. The molecule has 1 aromatic rings. The highest BCUT2D eigenvalue weighted by molar-refractivity contribution is 5.25. The van der Waals surface area contributed by atoms with Gasteiger partial charge in [-0.25, -0.2) is 0 Å². The Morgan fingerprint density at radius 1 is 1.19 bits per heavy atom. The van der Waals surface area contributed by atoms with Gasteiger partial charge in [-0.15, -0.1) is 0 Å². The second-order valence-electron chi connectivity index (χ2n) is 6.65. The van der Waals surface area contributed by atoms with E-state index in [0.717, 1.165) is 19.0 Å². The molecule has 0 bridgehead atoms. The van der Waals surface area contributed by atoms with E-state index in [-0.39, 0.29) is 0 Å². The Balaban J connectivity index is 2.00. The summed E-state index contributed by atoms with van der Waals surface area (Å²) < 4.78 is 0. The molecular weight excluding hydrogens is 256 g/mol. The van der Waals surface area contributed by atoms with Gasteiger partial charge in [0, 0.05) is 19.1 Å². The summed E-state index contributed by atoms with van der Waals surface area (Å²) in [5.74, 6) is 0.865. The van der Waals surface area contributed by atoms with E-state index in [9.17, 15) is 0 Å². The van der Waals surface area contributed by atoms with Crippen LogP contribution in [0.25, 0.3) is 0 Å². The largest absolute Gasteiger partial charge is 0.309 e. The Kier molecular flexibility index (Phi) is 6.72. The van der Waals surface area contributed by atoms with Crippen molar-refractivity contribution < 1.29 is 0 Å². The number of benzene rings is 1. The molecule has 118 valence electrons. The van der Waals surface area contributed by atoms with Crippen molar-refractivity contribution in [2.75, 3.05) is 26.2 Å². The van der Waals surface area contributed by atoms with Crippen LogP contribution in [0.3, 0.4) is 0 Å². The second-order valence-corrected chi connectivity index (χ2v) is 6.65. The van der Waals surface area contributed by atoms with E-state index in [2.05, 4.69) is 55.3 Å². The summed E-state index contributed by atoms with van der Waals surface area (Å²) in [7, 11) is 0. The van der Waals surface area contributed by atoms with Crippen molar-refractivity contribution in [3.8, 4) is 0 Å². The normalized spacial score (nSPS) is 20.8. The van der Waals surface area contributed by atoms with Crippen molar-refractivity contribution in [3.63, 3.8) is 0 Å². The number of likely N-dealkylation sites (tertiary alicyclic amines) is 1. The van der Waals surface area contributed by atoms with E-state index < -0.39 is 0 Å². The molecule has 0 aliphatic carbocycles. The quantitative estimate of drug-likeness (QED) is 0.777. The lowest BCUT2D eigenvalue weighted by Crippen LogP contribution is -2.34. The van der Waals surface area contributed by atoms with Gasteiger partial charge in [-0.1, -0.05) is 51.5 Å². The molecule has 2 rings (SSSR count). The van der Waals surface area contributed by atoms with Crippen LogP contribution in [-0.4, -0.2) is 31.1 Å². The zero-order chi connectivity index (χ0) is 15.1. The third kappa shape index (κ3) is 5.12. The molecule has 1 aromatic carbocycles. The summed E-state index contributed by atoms with van der Waals surface area (Å²) in [6.45, 7) is 11.6. The Morgan fingerprint density at radius 2 is 1.95 bits per heavy atom. The average Bonchev–Trinajstić information content (AvgIpc) is 2.90. The predicted molar refractivity (Wildman–Crippen MR) is 91.7 cm³/mol. The smallest absolute Gasteiger partial charge is 0.0449 e. The van der Waals surface area contributed by atoms with Crippen LogP contribution >= 0.6 is 0 Å². The van der Waals surface area contributed by atoms with Gasteiger partial charge in [0.2, 0.25) is 0 Å². The van der Waals surface area contributed by atoms with Crippen LogP contribution in [0.4, 0.5) is 0 Å². The van der Waals surface area contributed by atoms with Crippen LogP contribution in [-0.2, 0) is 6.42 Å². The third-order valence-corrected chi connectivity index (χ3v) is 4.51. The molecule has 1 aliphatic rings. The minimum atomic E-state index is 0.478. The zero-order valence-electron chi connectivity index (χ0n) is 14.1. The zero-order valence-corrected chi connectivity index (χ0v) is 14.1. The molecule has 0 aromatic heterocycles. The van der Waals surface area contributed by atoms with Gasteiger partial charge in [0.25, 0.3) is 0 Å². The van der Waals surface area contributed by atoms with Crippen molar-refractivity contribution in [2.45, 2.75) is 52.5 Å². The third-order valence-electron chi connectivity index (χ3n) is 4.51. The molecular formula is C19H32N2. The van der Waals surface area contributed by atoms with Gasteiger partial charge in [-0.05, 0) is 49.4 Å². The number of aryl methyl sites for hydroxylation is 1. The maximum atomic E-state index is 3.74. The molecule has 1 N–H and O–H groups in total. The van der Waals surface area contributed by atoms with Crippen LogP contribution in [0, 0.1) is 5.92 Å². The molecule has 0 saturated carbocycles. The van der Waals surface area contributed by atoms with E-state index in [1.807, 2.05) is 0 Å². The van der Waals surface area contributed by atoms with Gasteiger partial charge >= 0.3 is 0 Å². The molecule has 1 saturated heterocycles. The number of hydrogen-bond acceptors (Lipinski definition) is 2. The van der Waals surface area contributed by atoms with Gasteiger partial charge in [-0.2, -0.15) is 0 Å². The van der Waals surface area contributed by atoms with Crippen LogP contribution in [0.2, 0.25) is 0 Å². The first-order chi connectivity index (χ1) is 10.2. The first-order valence-corrected chi connectivity index (χ1v) is 8.77. The molecule has 2 nitrogen and oxygen atoms in total. The van der Waals surface area contributed by atoms with Gasteiger partial charge in [-0.3, -0.25) is 0 Å². The Labute approximate surface area is 130 Å². The Bertz CT molecular complexity index is 399. The standard InChI is InChI=1S/C19H32N2/c1-4-6-17-7-9-18(10-8-17)19(20-12-5-2)15-21-13-11-16(3)14-21/h7-10,16,19-20H,4-6,11-15H2,1-3H3. The van der Waals surface area contributed by atoms with E-state index >= 15 is 0 Å². The minimum absolute atomic E-state index is 0.478. The van der Waals surface area contributed by atoms with E-state index in [4.69, 9.17) is 0 Å². The maximum Gasteiger partial charge on any atom is 0.0449 e. The first-order valence-electron chi connectivity index (χ1n) is 8.77. The summed E-state index contributed by atoms with van der Waals surface area (Å²) in [5.41, 5.74) is 2.91. The van der Waals surface area contributed by atoms with Gasteiger partial charge in [0.1, 0.15) is 0 Å². The van der Waals surface area contributed by atoms with Gasteiger partial charge in [0.05, 0.1) is 0 Å². The number of hydrogen-bond donors (Lipinski definition) is 1. The summed E-state index contributed by atoms with van der Waals surface area (Å²) >= 11 is 0. The number of nitrogens with zero attached hydrogens (tertiary/aromatic N) is 1. The fourth-order valence-corrected chi connectivity index (χ4v) is 3.26. The van der Waals surface area contributed by atoms with Crippen molar-refractivity contribution in [2.24, 2.45) is 5.92 Å². The van der Waals surface area contributed by atoms with Crippen molar-refractivity contribution in [3.05, 3.63) is 35.4 Å². The maximum absolute atomic E-state index is 3.74. The monoisotopic (exact) mass is 288 g/mol. The molecule has 0 radical (unpaired) electrons. The van der Waals surface area contributed by atoms with E-state index in [0.29, 0.717) is 6.04 Å². The summed E-state index contributed by atoms with van der Waals surface area (Å²) in [4.78, 5) is 2.62. The summed E-state index contributed by atoms with van der Waals surface area (Å²) in [5, 5.41) is 3.74. The Morgan fingerprint density at radius 3 is 2.52 bits per heavy atom. The predicted octanol–water partition coefficient (Wildman–Crippen LogP) is 4.02. The molecule has 2 unspecified atom stereocenters. The average molecular weight is 288 g/mol. The molecule has 2 atom stereocenters. The van der Waals surface area contributed by atoms with Crippen LogP contribution in [0.15, 0.2) is 24.3 Å². The van der Waals surface area contributed by atoms with Crippen molar-refractivity contribution in [1.29, 1.82) is 0 Å². The second kappa shape index (κ2) is 8.55. The lowest BCUT2D eigenvalue weighted by molar-refractivity contribution is 0.285. The van der Waals surface area contributed by atoms with Crippen molar-refractivity contribution >= 4 is 0 Å². The SMILES string of the molecule is CCCNC(CN1CCC(C)C1)c1ccc(CCC)cc1. The molecule has 1 heterocycles. The Hall–Kier alpha value is -0.860. The minimum Gasteiger partial charge on any atom is -0.309 e. The molecule has 2 heteroatoms. The summed E-state index contributed by atoms with van der Waals surface area (Å²) in [6.07, 6.45) is 4.97. The van der Waals surface area contributed by atoms with Crippen molar-refractivity contribution in [1.82, 2.24) is 10.2 Å². The van der Waals surface area contributed by atoms with Crippen LogP contribution in [0.5, 0.6) is 0 Å². The van der Waals surface area contributed by atoms with Gasteiger partial charge < -0.3 is 10.2 Å². The highest BCUT2D eigenvalue weighted by Gasteiger charge is 2.22. The van der Waals surface area contributed by atoms with Gasteiger partial charge in [0.15, 0.2) is 0 Å². The van der Waals surface area contributed by atoms with Crippen LogP contribution in [0.1, 0.15) is 57.2 Å². The molecule has 21 heavy (non-hydrogen) atoms. The lowest BCUT2D eigenvalue weighted by atomic mass is 10.0. The molecule has 0 amide bonds. The highest BCUT2D eigenvalue weighted by Crippen LogP contribution is 2.21. The topological polar surface area (TPSA) is 15.3 Å². The first kappa shape index (κ1) is 16.5. The fourth-order valence-electron chi connectivity index (χ4n) is 3.26. The fraction of sp³-hybridized carbons (Fsp3) is 0.684. The van der Waals surface area contributed by atoms with E-state index in [1.54, 1.807) is 0 Å². The highest BCUT2D eigenvalue weighted by atomic mass is 15.2. The molecule has 0 spiro atoms. The van der Waals surface area contributed by atoms with E-state index in [1.165, 1.54) is 49.9 Å².